The van der Waals surface area contributed by atoms with Crippen molar-refractivity contribution in [2.24, 2.45) is 5.92 Å². The maximum Gasteiger partial charge on any atom is 0.232 e. The maximum absolute atomic E-state index is 12.2. The second-order valence-corrected chi connectivity index (χ2v) is 8.28. The number of hydrogen-bond acceptors (Lipinski definition) is 5. The third-order valence-corrected chi connectivity index (χ3v) is 5.26. The fourth-order valence-electron chi connectivity index (χ4n) is 1.82. The van der Waals surface area contributed by atoms with E-state index in [-0.39, 0.29) is 11.7 Å². The number of nitrogens with zero attached hydrogens (tertiary/aromatic N) is 2. The zero-order chi connectivity index (χ0) is 15.5. The van der Waals surface area contributed by atoms with E-state index in [1.54, 1.807) is 14.0 Å². The molecule has 0 aliphatic carbocycles. The molecule has 0 radical (unpaired) electrons. The molecule has 7 heteroatoms. The van der Waals surface area contributed by atoms with E-state index >= 15 is 0 Å². The zero-order valence-electron chi connectivity index (χ0n) is 12.6. The lowest BCUT2D eigenvalue weighted by Gasteiger charge is -2.18. The highest BCUT2D eigenvalue weighted by atomic mass is 32.2. The van der Waals surface area contributed by atoms with Crippen molar-refractivity contribution < 1.29 is 13.2 Å². The fraction of sp³-hybridized carbons (Fsp3) is 0.692. The molecule has 0 saturated heterocycles. The molecule has 1 aromatic heterocycles. The summed E-state index contributed by atoms with van der Waals surface area (Å²) in [7, 11) is -1.52. The van der Waals surface area contributed by atoms with E-state index in [2.05, 4.69) is 18.8 Å². The van der Waals surface area contributed by atoms with Crippen molar-refractivity contribution in [2.45, 2.75) is 33.1 Å². The molecule has 0 aliphatic heterocycles. The minimum absolute atomic E-state index is 0.139. The molecule has 1 aromatic rings. The van der Waals surface area contributed by atoms with Crippen LogP contribution in [-0.4, -0.2) is 38.4 Å². The summed E-state index contributed by atoms with van der Waals surface area (Å²) in [6.07, 6.45) is 2.13. The predicted molar refractivity (Wildman–Crippen MR) is 83.1 cm³/mol. The second kappa shape index (κ2) is 6.67. The van der Waals surface area contributed by atoms with Crippen molar-refractivity contribution in [3.8, 4) is 0 Å². The highest BCUT2D eigenvalue weighted by Crippen LogP contribution is 2.26. The Labute approximate surface area is 124 Å². The summed E-state index contributed by atoms with van der Waals surface area (Å²) in [6.45, 7) is 5.81. The molecule has 0 fully saturated rings. The van der Waals surface area contributed by atoms with Gasteiger partial charge in [0.15, 0.2) is 5.13 Å². The normalized spacial score (nSPS) is 14.8. The lowest BCUT2D eigenvalue weighted by Crippen LogP contribution is -2.34. The van der Waals surface area contributed by atoms with Gasteiger partial charge in [0, 0.05) is 24.6 Å². The molecule has 0 bridgehead atoms. The van der Waals surface area contributed by atoms with Gasteiger partial charge in [-0.05, 0) is 12.3 Å². The molecule has 20 heavy (non-hydrogen) atoms. The van der Waals surface area contributed by atoms with Gasteiger partial charge in [-0.3, -0.25) is 9.69 Å². The highest BCUT2D eigenvalue weighted by molar-refractivity contribution is 7.90. The van der Waals surface area contributed by atoms with Gasteiger partial charge in [-0.1, -0.05) is 20.8 Å². The molecule has 114 valence electrons. The van der Waals surface area contributed by atoms with E-state index in [1.807, 2.05) is 5.38 Å². The summed E-state index contributed by atoms with van der Waals surface area (Å²) in [5, 5.41) is 2.57. The molecule has 0 saturated carbocycles. The number of rotatable bonds is 6. The van der Waals surface area contributed by atoms with Crippen molar-refractivity contribution in [3.63, 3.8) is 0 Å². The maximum atomic E-state index is 12.2. The van der Waals surface area contributed by atoms with E-state index in [0.29, 0.717) is 11.0 Å². The lowest BCUT2D eigenvalue weighted by atomic mass is 10.1. The van der Waals surface area contributed by atoms with Gasteiger partial charge in [0.1, 0.15) is 9.84 Å². The minimum atomic E-state index is -3.16. The first-order valence-electron chi connectivity index (χ1n) is 6.56. The monoisotopic (exact) mass is 318 g/mol. The molecule has 0 unspecified atom stereocenters. The Morgan fingerprint density at radius 2 is 2.05 bits per heavy atom. The van der Waals surface area contributed by atoms with Gasteiger partial charge in [0.2, 0.25) is 5.91 Å². The van der Waals surface area contributed by atoms with E-state index < -0.39 is 15.8 Å². The largest absolute Gasteiger partial charge is 0.291 e. The fourth-order valence-corrected chi connectivity index (χ4v) is 3.78. The van der Waals surface area contributed by atoms with E-state index in [1.165, 1.54) is 16.2 Å². The SMILES string of the molecule is CC[C@@H](C)c1csc(N(C)C(=O)[C@H](C)CS(C)(=O)=O)n1. The van der Waals surface area contributed by atoms with E-state index in [4.69, 9.17) is 0 Å². The molecule has 0 aromatic carbocycles. The minimum Gasteiger partial charge on any atom is -0.291 e. The molecule has 0 N–H and O–H groups in total. The van der Waals surface area contributed by atoms with Gasteiger partial charge >= 0.3 is 0 Å². The van der Waals surface area contributed by atoms with Crippen LogP contribution in [0, 0.1) is 5.92 Å². The number of aromatic nitrogens is 1. The second-order valence-electron chi connectivity index (χ2n) is 5.25. The van der Waals surface area contributed by atoms with Crippen LogP contribution in [0.3, 0.4) is 0 Å². The molecular formula is C13H22N2O3S2. The molecule has 0 aliphatic rings. The number of hydrogen-bond donors (Lipinski definition) is 0. The predicted octanol–water partition coefficient (Wildman–Crippen LogP) is 2.30. The van der Waals surface area contributed by atoms with Crippen LogP contribution in [0.4, 0.5) is 5.13 Å². The molecule has 1 heterocycles. The van der Waals surface area contributed by atoms with Crippen LogP contribution in [0.25, 0.3) is 0 Å². The number of sulfone groups is 1. The first-order valence-corrected chi connectivity index (χ1v) is 9.50. The van der Waals surface area contributed by atoms with E-state index in [9.17, 15) is 13.2 Å². The van der Waals surface area contributed by atoms with Crippen LogP contribution in [0.5, 0.6) is 0 Å². The number of carbonyl (C=O) groups excluding carboxylic acids is 1. The summed E-state index contributed by atoms with van der Waals surface area (Å²) < 4.78 is 22.5. The summed E-state index contributed by atoms with van der Waals surface area (Å²) in [6, 6.07) is 0. The van der Waals surface area contributed by atoms with Crippen LogP contribution in [0.1, 0.15) is 38.8 Å². The van der Waals surface area contributed by atoms with Crippen molar-refractivity contribution in [1.82, 2.24) is 4.98 Å². The van der Waals surface area contributed by atoms with Crippen LogP contribution in [0.2, 0.25) is 0 Å². The van der Waals surface area contributed by atoms with Crippen molar-refractivity contribution >= 4 is 32.2 Å². The Bertz CT molecular complexity index is 566. The smallest absolute Gasteiger partial charge is 0.232 e. The molecular weight excluding hydrogens is 296 g/mol. The Hall–Kier alpha value is -0.950. The molecule has 2 atom stereocenters. The summed E-state index contributed by atoms with van der Waals surface area (Å²) in [5.74, 6) is -0.567. The van der Waals surface area contributed by atoms with Crippen molar-refractivity contribution in [3.05, 3.63) is 11.1 Å². The summed E-state index contributed by atoms with van der Waals surface area (Å²) in [5.41, 5.74) is 0.975. The number of amides is 1. The third kappa shape index (κ3) is 4.56. The standard InChI is InChI=1S/C13H22N2O3S2/c1-6-9(2)11-7-19-13(14-11)15(4)12(16)10(3)8-20(5,17)18/h7,9-10H,6,8H2,1-5H3/t9-,10-/m1/s1. The quantitative estimate of drug-likeness (QED) is 0.807. The molecule has 0 spiro atoms. The Morgan fingerprint density at radius 3 is 2.55 bits per heavy atom. The van der Waals surface area contributed by atoms with Crippen LogP contribution in [-0.2, 0) is 14.6 Å². The van der Waals surface area contributed by atoms with Gasteiger partial charge in [-0.2, -0.15) is 0 Å². The Morgan fingerprint density at radius 1 is 1.45 bits per heavy atom. The lowest BCUT2D eigenvalue weighted by molar-refractivity contribution is -0.121. The third-order valence-electron chi connectivity index (χ3n) is 3.22. The number of carbonyl (C=O) groups is 1. The van der Waals surface area contributed by atoms with Crippen LogP contribution < -0.4 is 4.90 Å². The van der Waals surface area contributed by atoms with Gasteiger partial charge < -0.3 is 0 Å². The summed E-state index contributed by atoms with van der Waals surface area (Å²) in [4.78, 5) is 18.1. The number of anilines is 1. The molecule has 1 rings (SSSR count). The van der Waals surface area contributed by atoms with Crippen molar-refractivity contribution in [2.75, 3.05) is 24.0 Å². The molecule has 1 amide bonds. The zero-order valence-corrected chi connectivity index (χ0v) is 14.2. The van der Waals surface area contributed by atoms with Gasteiger partial charge in [-0.15, -0.1) is 11.3 Å². The van der Waals surface area contributed by atoms with Gasteiger partial charge in [0.05, 0.1) is 11.4 Å². The molecule has 5 nitrogen and oxygen atoms in total. The van der Waals surface area contributed by atoms with Crippen LogP contribution >= 0.6 is 11.3 Å². The average Bonchev–Trinajstić information content (AvgIpc) is 2.83. The van der Waals surface area contributed by atoms with Crippen molar-refractivity contribution in [1.29, 1.82) is 0 Å². The Kier molecular flexibility index (Phi) is 5.70. The van der Waals surface area contributed by atoms with Gasteiger partial charge in [0.25, 0.3) is 0 Å². The van der Waals surface area contributed by atoms with Crippen LogP contribution in [0.15, 0.2) is 5.38 Å². The summed E-state index contributed by atoms with van der Waals surface area (Å²) >= 11 is 1.41. The topological polar surface area (TPSA) is 67.3 Å². The highest BCUT2D eigenvalue weighted by Gasteiger charge is 2.24. The van der Waals surface area contributed by atoms with Gasteiger partial charge in [-0.25, -0.2) is 13.4 Å². The Balaban J connectivity index is 2.81. The first kappa shape index (κ1) is 17.1. The first-order chi connectivity index (χ1) is 9.15. The van der Waals surface area contributed by atoms with E-state index in [0.717, 1.165) is 18.4 Å². The average molecular weight is 318 g/mol. The number of thiazole rings is 1.